The fraction of sp³-hybridized carbons (Fsp3) is 0. The molecule has 0 saturated carbocycles. The maximum Gasteiger partial charge on any atom is 0.165 e. The topological polar surface area (TPSA) is 35.6 Å². The predicted molar refractivity (Wildman–Crippen MR) is 266 cm³/mol. The highest BCUT2D eigenvalue weighted by Gasteiger charge is 2.30. The molecule has 14 rings (SSSR count). The van der Waals surface area contributed by atoms with E-state index in [0.717, 1.165) is 72.2 Å². The molecule has 1 aliphatic rings. The number of nitrogens with zero attached hydrogens (tertiary/aromatic N) is 4. The predicted octanol–water partition coefficient (Wildman–Crippen LogP) is 15.6. The molecule has 4 heteroatoms. The summed E-state index contributed by atoms with van der Waals surface area (Å²) < 4.78 is 4.92. The average Bonchev–Trinajstić information content (AvgIpc) is 3.83. The lowest BCUT2D eigenvalue weighted by Gasteiger charge is -2.17. The van der Waals surface area contributed by atoms with Gasteiger partial charge in [-0.3, -0.25) is 4.57 Å². The summed E-state index contributed by atoms with van der Waals surface area (Å²) in [6, 6.07) is 79.0. The van der Waals surface area contributed by atoms with Crippen LogP contribution in [0.25, 0.3) is 133 Å². The Labute approximate surface area is 368 Å². The average molecular weight is 813 g/mol. The second-order valence-electron chi connectivity index (χ2n) is 16.9. The number of benzene rings is 10. The van der Waals surface area contributed by atoms with Crippen molar-refractivity contribution in [3.8, 4) is 67.3 Å². The Balaban J connectivity index is 1.18. The molecule has 0 N–H and O–H groups in total. The molecule has 3 aromatic heterocycles. The normalized spacial score (nSPS) is 12.1. The highest BCUT2D eigenvalue weighted by Crippen LogP contribution is 2.52. The highest BCUT2D eigenvalue weighted by molar-refractivity contribution is 6.28. The molecular weight excluding hydrogens is 777 g/mol. The molecule has 0 aliphatic carbocycles. The SMILES string of the molecule is c1ccc(-c2cc(-c3ccccc3)cc(-c3nc4ccc5ccccc5c4nc3-n3c4ccccc4c4c5c6c(cc43)c3ccccc3n6-c3ccccc3-c3ccccc3-5)c2)cc1. The molecule has 4 nitrogen and oxygen atoms in total. The van der Waals surface area contributed by atoms with Crippen molar-refractivity contribution in [1.82, 2.24) is 19.1 Å². The van der Waals surface area contributed by atoms with E-state index in [-0.39, 0.29) is 0 Å². The van der Waals surface area contributed by atoms with Gasteiger partial charge >= 0.3 is 0 Å². The van der Waals surface area contributed by atoms with Gasteiger partial charge in [0.2, 0.25) is 0 Å². The van der Waals surface area contributed by atoms with Crippen molar-refractivity contribution in [2.45, 2.75) is 0 Å². The van der Waals surface area contributed by atoms with E-state index in [4.69, 9.17) is 9.97 Å². The number of rotatable bonds is 4. The maximum absolute atomic E-state index is 5.83. The quantitative estimate of drug-likeness (QED) is 0.166. The first kappa shape index (κ1) is 35.0. The summed E-state index contributed by atoms with van der Waals surface area (Å²) in [5, 5.41) is 6.99. The number of hydrogen-bond acceptors (Lipinski definition) is 2. The van der Waals surface area contributed by atoms with Gasteiger partial charge in [-0.05, 0) is 87.3 Å². The van der Waals surface area contributed by atoms with E-state index < -0.39 is 0 Å². The summed E-state index contributed by atoms with van der Waals surface area (Å²) >= 11 is 0. The van der Waals surface area contributed by atoms with Gasteiger partial charge in [0.1, 0.15) is 5.69 Å². The van der Waals surface area contributed by atoms with Crippen molar-refractivity contribution in [3.63, 3.8) is 0 Å². The van der Waals surface area contributed by atoms with Crippen molar-refractivity contribution in [2.24, 2.45) is 0 Å². The minimum atomic E-state index is 0.791. The monoisotopic (exact) mass is 812 g/mol. The van der Waals surface area contributed by atoms with Gasteiger partial charge in [0.25, 0.3) is 0 Å². The summed E-state index contributed by atoms with van der Waals surface area (Å²) in [6.45, 7) is 0. The fourth-order valence-corrected chi connectivity index (χ4v) is 10.6. The smallest absolute Gasteiger partial charge is 0.165 e. The van der Waals surface area contributed by atoms with Crippen molar-refractivity contribution < 1.29 is 0 Å². The Kier molecular flexibility index (Phi) is 7.36. The van der Waals surface area contributed by atoms with E-state index in [1.165, 1.54) is 60.5 Å². The van der Waals surface area contributed by atoms with Crippen LogP contribution in [-0.2, 0) is 0 Å². The zero-order chi connectivity index (χ0) is 41.9. The molecule has 1 aliphatic heterocycles. The highest BCUT2D eigenvalue weighted by atomic mass is 15.1. The van der Waals surface area contributed by atoms with E-state index in [2.05, 4.69) is 228 Å². The van der Waals surface area contributed by atoms with Gasteiger partial charge in [-0.2, -0.15) is 0 Å². The van der Waals surface area contributed by atoms with Crippen LogP contribution in [0.5, 0.6) is 0 Å². The largest absolute Gasteiger partial charge is 0.308 e. The second-order valence-corrected chi connectivity index (χ2v) is 16.9. The van der Waals surface area contributed by atoms with Crippen LogP contribution < -0.4 is 0 Å². The molecule has 0 spiro atoms. The van der Waals surface area contributed by atoms with Crippen LogP contribution in [0.1, 0.15) is 0 Å². The number of aromatic nitrogens is 4. The van der Waals surface area contributed by atoms with Crippen LogP contribution in [0.3, 0.4) is 0 Å². The lowest BCUT2D eigenvalue weighted by Crippen LogP contribution is -2.04. The van der Waals surface area contributed by atoms with Gasteiger partial charge < -0.3 is 4.57 Å². The van der Waals surface area contributed by atoms with Crippen LogP contribution in [-0.4, -0.2) is 19.1 Å². The molecular formula is C60H36N4. The number of hydrogen-bond donors (Lipinski definition) is 0. The molecule has 10 aromatic carbocycles. The summed E-state index contributed by atoms with van der Waals surface area (Å²) in [5.41, 5.74) is 18.7. The molecule has 64 heavy (non-hydrogen) atoms. The molecule has 296 valence electrons. The summed E-state index contributed by atoms with van der Waals surface area (Å²) in [5.74, 6) is 0.791. The van der Waals surface area contributed by atoms with Crippen LogP contribution in [0.15, 0.2) is 218 Å². The van der Waals surface area contributed by atoms with E-state index in [1.807, 2.05) is 0 Å². The standard InChI is InChI=1S/C60H36N4/c1-3-17-37(18-4-1)40-33-41(38-19-5-2-6-20-38)35-42(34-40)57-60(62-58-43-22-8-7-21-39(43)31-32-50(58)61-57)64-53-30-16-13-27-48(53)55-54(64)36-49-46-25-12-15-29-52(46)63-51-28-14-11-24-45(51)44-23-9-10-26-47(44)56(55)59(49)63/h1-36H. The van der Waals surface area contributed by atoms with Gasteiger partial charge in [0, 0.05) is 43.6 Å². The molecule has 0 radical (unpaired) electrons. The Morgan fingerprint density at radius 2 is 0.922 bits per heavy atom. The minimum absolute atomic E-state index is 0.791. The Bertz CT molecular complexity index is 4010. The first-order valence-electron chi connectivity index (χ1n) is 21.9. The molecule has 0 unspecified atom stereocenters. The summed E-state index contributed by atoms with van der Waals surface area (Å²) in [6.07, 6.45) is 0. The van der Waals surface area contributed by atoms with Crippen LogP contribution >= 0.6 is 0 Å². The van der Waals surface area contributed by atoms with Gasteiger partial charge in [-0.1, -0.05) is 170 Å². The first-order chi connectivity index (χ1) is 31.8. The maximum atomic E-state index is 5.83. The van der Waals surface area contributed by atoms with E-state index >= 15 is 0 Å². The van der Waals surface area contributed by atoms with Crippen molar-refractivity contribution >= 4 is 65.4 Å². The van der Waals surface area contributed by atoms with Crippen molar-refractivity contribution in [3.05, 3.63) is 218 Å². The third kappa shape index (κ3) is 4.99. The zero-order valence-electron chi connectivity index (χ0n) is 34.6. The van der Waals surface area contributed by atoms with E-state index in [1.54, 1.807) is 0 Å². The van der Waals surface area contributed by atoms with Crippen LogP contribution in [0.4, 0.5) is 0 Å². The fourth-order valence-electron chi connectivity index (χ4n) is 10.6. The van der Waals surface area contributed by atoms with E-state index in [0.29, 0.717) is 0 Å². The Morgan fingerprint density at radius 1 is 0.344 bits per heavy atom. The zero-order valence-corrected chi connectivity index (χ0v) is 34.6. The van der Waals surface area contributed by atoms with Gasteiger partial charge in [-0.25, -0.2) is 9.97 Å². The lowest BCUT2D eigenvalue weighted by molar-refractivity contribution is 1.08. The minimum Gasteiger partial charge on any atom is -0.308 e. The van der Waals surface area contributed by atoms with Gasteiger partial charge in [0.05, 0.1) is 38.8 Å². The Morgan fingerprint density at radius 3 is 1.67 bits per heavy atom. The molecule has 0 saturated heterocycles. The van der Waals surface area contributed by atoms with E-state index in [9.17, 15) is 0 Å². The number of para-hydroxylation sites is 3. The van der Waals surface area contributed by atoms with Crippen LogP contribution in [0, 0.1) is 0 Å². The molecule has 4 heterocycles. The summed E-state index contributed by atoms with van der Waals surface area (Å²) in [4.78, 5) is 11.5. The third-order valence-electron chi connectivity index (χ3n) is 13.4. The third-order valence-corrected chi connectivity index (χ3v) is 13.4. The molecule has 13 aromatic rings. The summed E-state index contributed by atoms with van der Waals surface area (Å²) in [7, 11) is 0. The lowest BCUT2D eigenvalue weighted by atomic mass is 9.91. The number of fused-ring (bicyclic) bond motifs is 15. The molecule has 0 bridgehead atoms. The molecule has 0 fully saturated rings. The first-order valence-corrected chi connectivity index (χ1v) is 21.9. The molecule has 0 atom stereocenters. The van der Waals surface area contributed by atoms with Gasteiger partial charge in [0.15, 0.2) is 5.82 Å². The van der Waals surface area contributed by atoms with Crippen LogP contribution in [0.2, 0.25) is 0 Å². The van der Waals surface area contributed by atoms with Crippen molar-refractivity contribution in [1.29, 1.82) is 0 Å². The van der Waals surface area contributed by atoms with Crippen molar-refractivity contribution in [2.75, 3.05) is 0 Å². The Hall–Kier alpha value is -8.60. The second kappa shape index (κ2) is 13.4. The molecule has 0 amide bonds. The van der Waals surface area contributed by atoms with Gasteiger partial charge in [-0.15, -0.1) is 0 Å².